The molecule has 0 unspecified atom stereocenters. The molecule has 326 valence electrons. The molecule has 2 aliphatic rings. The third-order valence-corrected chi connectivity index (χ3v) is 11.4. The molecule has 0 spiro atoms. The maximum absolute atomic E-state index is 13.3. The van der Waals surface area contributed by atoms with Gasteiger partial charge in [-0.25, -0.2) is 17.9 Å². The fraction of sp³-hybridized carbons (Fsp3) is 0.324. The highest BCUT2D eigenvalue weighted by Gasteiger charge is 2.32. The molecule has 0 bridgehead atoms. The lowest BCUT2D eigenvalue weighted by atomic mass is 9.89. The summed E-state index contributed by atoms with van der Waals surface area (Å²) in [5.41, 5.74) is 13.5. The fourth-order valence-corrected chi connectivity index (χ4v) is 8.23. The summed E-state index contributed by atoms with van der Waals surface area (Å²) in [6.07, 6.45) is 4.67. The minimum absolute atomic E-state index is 0.0681. The Bertz CT molecular complexity index is 3000. The zero-order chi connectivity index (χ0) is 45.1. The molecule has 1 aliphatic carbocycles. The van der Waals surface area contributed by atoms with Crippen LogP contribution in [0.1, 0.15) is 65.7 Å². The number of aromatic carboxylic acids is 1. The summed E-state index contributed by atoms with van der Waals surface area (Å²) < 4.78 is 81.4. The van der Waals surface area contributed by atoms with Crippen molar-refractivity contribution in [2.24, 2.45) is 5.11 Å². The highest BCUT2D eigenvalue weighted by atomic mass is 32.2. The largest absolute Gasteiger partial charge is 0.744 e. The van der Waals surface area contributed by atoms with Crippen molar-refractivity contribution in [1.29, 1.82) is 0 Å². The first-order valence-corrected chi connectivity index (χ1v) is 21.6. The molecule has 4 aromatic rings. The van der Waals surface area contributed by atoms with Gasteiger partial charge in [0.15, 0.2) is 11.3 Å². The third-order valence-electron chi connectivity index (χ3n) is 9.55. The van der Waals surface area contributed by atoms with Crippen molar-refractivity contribution in [3.63, 3.8) is 0 Å². The highest BCUT2D eigenvalue weighted by molar-refractivity contribution is 7.86. The molecule has 25 heteroatoms. The number of aromatic nitrogens is 6. The summed E-state index contributed by atoms with van der Waals surface area (Å²) in [5.74, 6) is -2.85. The van der Waals surface area contributed by atoms with Gasteiger partial charge in [-0.3, -0.25) is 24.3 Å². The SMILES string of the molecule is CC(C)(C)n1cc(CN(CCCN=[N+]=[N-])Cc2cn(CCCNC(=O)c3ccc(-c4c5ccc(=[NH2+])c(S(=O)(=O)O)c-5oc5c(S(=O)(=O)[O-])c(N)ccc45)c(C(=O)O)c3)nn2)nn1. The summed E-state index contributed by atoms with van der Waals surface area (Å²) in [5, 5.41) is 39.0. The first kappa shape index (κ1) is 44.8. The number of benzene rings is 3. The van der Waals surface area contributed by atoms with Gasteiger partial charge in [0.25, 0.3) is 5.91 Å². The van der Waals surface area contributed by atoms with Gasteiger partial charge in [-0.1, -0.05) is 21.6 Å². The smallest absolute Gasteiger partial charge is 0.336 e. The van der Waals surface area contributed by atoms with Gasteiger partial charge >= 0.3 is 16.1 Å². The van der Waals surface area contributed by atoms with Crippen LogP contribution in [0.15, 0.2) is 74.2 Å². The molecule has 0 atom stereocenters. The second kappa shape index (κ2) is 17.7. The number of rotatable bonds is 17. The number of carboxylic acids is 1. The standard InChI is InChI=1S/C37H41N13O10S2/c1-37(2,3)50-20-23(44-47-50)18-48(14-5-13-42-45-40)17-22-19-49(46-43-22)15-4-12-41-35(51)21-6-7-24(27(16-21)36(52)53)30-25-8-10-28(38)33(61(54,55)56)31(25)60-32-26(30)9-11-29(39)34(32)62(57,58)59/h6-11,16,19-20,38H,4-5,12-15,17-18,39H2,1-3H3,(H,41,51)(H,52,53)(H,54,55,56)(H,57,58,59). The lowest BCUT2D eigenvalue weighted by molar-refractivity contribution is -0.176. The molecule has 0 saturated carbocycles. The van der Waals surface area contributed by atoms with Crippen molar-refractivity contribution in [3.8, 4) is 22.5 Å². The molecule has 62 heavy (non-hydrogen) atoms. The Balaban J connectivity index is 1.21. The molecule has 1 aliphatic heterocycles. The summed E-state index contributed by atoms with van der Waals surface area (Å²) in [4.78, 5) is 29.0. The van der Waals surface area contributed by atoms with Gasteiger partial charge in [0.1, 0.15) is 15.0 Å². The molecule has 6 rings (SSSR count). The number of azide groups is 1. The van der Waals surface area contributed by atoms with E-state index in [-0.39, 0.29) is 39.7 Å². The lowest BCUT2D eigenvalue weighted by Gasteiger charge is -2.21. The molecule has 7 N–H and O–H groups in total. The van der Waals surface area contributed by atoms with Crippen LogP contribution in [-0.2, 0) is 45.4 Å². The topological polar surface area (TPSA) is 356 Å². The normalized spacial score (nSPS) is 12.2. The zero-order valence-electron chi connectivity index (χ0n) is 33.5. The van der Waals surface area contributed by atoms with E-state index in [1.165, 1.54) is 24.3 Å². The van der Waals surface area contributed by atoms with Gasteiger partial charge < -0.3 is 25.1 Å². The number of carboxylic acid groups (broad SMARTS) is 1. The summed E-state index contributed by atoms with van der Waals surface area (Å²) in [6, 6.07) is 8.32. The van der Waals surface area contributed by atoms with E-state index in [9.17, 15) is 40.6 Å². The predicted octanol–water partition coefficient (Wildman–Crippen LogP) is 1.76. The molecule has 0 saturated heterocycles. The van der Waals surface area contributed by atoms with Crippen LogP contribution in [0.2, 0.25) is 0 Å². The number of carbonyl (C=O) groups excluding carboxylic acids is 1. The van der Waals surface area contributed by atoms with E-state index in [2.05, 4.69) is 40.9 Å². The average molecular weight is 892 g/mol. The van der Waals surface area contributed by atoms with E-state index in [0.717, 1.165) is 23.9 Å². The fourth-order valence-electron chi connectivity index (χ4n) is 6.74. The highest BCUT2D eigenvalue weighted by Crippen LogP contribution is 2.45. The molecule has 23 nitrogen and oxygen atoms in total. The number of carbonyl (C=O) groups is 2. The van der Waals surface area contributed by atoms with E-state index in [4.69, 9.17) is 21.1 Å². The number of fused-ring (bicyclic) bond motifs is 2. The summed E-state index contributed by atoms with van der Waals surface area (Å²) >= 11 is 0. The lowest BCUT2D eigenvalue weighted by Crippen LogP contribution is -2.47. The molecule has 0 radical (unpaired) electrons. The van der Waals surface area contributed by atoms with Gasteiger partial charge in [-0.05, 0) is 81.6 Å². The Morgan fingerprint density at radius 1 is 1.02 bits per heavy atom. The van der Waals surface area contributed by atoms with Gasteiger partial charge in [-0.2, -0.15) is 8.42 Å². The summed E-state index contributed by atoms with van der Waals surface area (Å²) in [7, 11) is -10.5. The Kier molecular flexibility index (Phi) is 12.8. The number of nitrogen functional groups attached to an aromatic ring is 1. The van der Waals surface area contributed by atoms with Crippen molar-refractivity contribution in [3.05, 3.63) is 93.2 Å². The van der Waals surface area contributed by atoms with Crippen LogP contribution < -0.4 is 21.8 Å². The van der Waals surface area contributed by atoms with Crippen molar-refractivity contribution >= 4 is 48.8 Å². The minimum atomic E-state index is -5.39. The second-order valence-electron chi connectivity index (χ2n) is 15.1. The Labute approximate surface area is 353 Å². The first-order valence-electron chi connectivity index (χ1n) is 18.7. The zero-order valence-corrected chi connectivity index (χ0v) is 35.1. The second-order valence-corrected chi connectivity index (χ2v) is 17.8. The Hall–Kier alpha value is -6.76. The average Bonchev–Trinajstić information content (AvgIpc) is 3.85. The van der Waals surface area contributed by atoms with Crippen LogP contribution in [0.4, 0.5) is 5.69 Å². The van der Waals surface area contributed by atoms with Crippen molar-refractivity contribution in [2.45, 2.75) is 68.6 Å². The molecule has 1 amide bonds. The van der Waals surface area contributed by atoms with Crippen molar-refractivity contribution < 1.29 is 50.5 Å². The number of hydrogen-bond acceptors (Lipinski definition) is 15. The number of nitrogens with one attached hydrogen (secondary N) is 1. The molecule has 2 aromatic heterocycles. The van der Waals surface area contributed by atoms with E-state index in [1.807, 2.05) is 27.0 Å². The molecule has 0 fully saturated rings. The van der Waals surface area contributed by atoms with E-state index in [0.29, 0.717) is 51.3 Å². The van der Waals surface area contributed by atoms with Gasteiger partial charge in [0, 0.05) is 72.0 Å². The molecule has 3 heterocycles. The molecular formula is C37H41N13O10S2. The van der Waals surface area contributed by atoms with Crippen molar-refractivity contribution in [2.75, 3.05) is 25.4 Å². The number of anilines is 1. The van der Waals surface area contributed by atoms with Gasteiger partial charge in [0.2, 0.25) is 10.3 Å². The quantitative estimate of drug-likeness (QED) is 0.0166. The number of aryl methyl sites for hydroxylation is 1. The van der Waals surface area contributed by atoms with Crippen LogP contribution in [0.3, 0.4) is 0 Å². The Morgan fingerprint density at radius 2 is 1.71 bits per heavy atom. The van der Waals surface area contributed by atoms with E-state index < -0.39 is 69.9 Å². The monoisotopic (exact) mass is 891 g/mol. The van der Waals surface area contributed by atoms with E-state index >= 15 is 0 Å². The Morgan fingerprint density at radius 3 is 2.35 bits per heavy atom. The number of nitrogens with zero attached hydrogens (tertiary/aromatic N) is 10. The predicted molar refractivity (Wildman–Crippen MR) is 217 cm³/mol. The minimum Gasteiger partial charge on any atom is -0.744 e. The van der Waals surface area contributed by atoms with Crippen LogP contribution in [-0.4, -0.2) is 97.4 Å². The van der Waals surface area contributed by atoms with Gasteiger partial charge in [0.05, 0.1) is 34.4 Å². The van der Waals surface area contributed by atoms with Crippen LogP contribution in [0.25, 0.3) is 43.9 Å². The van der Waals surface area contributed by atoms with Crippen LogP contribution in [0, 0.1) is 0 Å². The van der Waals surface area contributed by atoms with Crippen LogP contribution in [0.5, 0.6) is 0 Å². The first-order chi connectivity index (χ1) is 29.2. The maximum atomic E-state index is 13.3. The van der Waals surface area contributed by atoms with E-state index in [1.54, 1.807) is 15.6 Å². The summed E-state index contributed by atoms with van der Waals surface area (Å²) in [6.45, 7) is 8.37. The number of hydrogen-bond donors (Lipinski definition) is 5. The molecule has 2 aromatic carbocycles. The number of amides is 1. The number of nitrogens with two attached hydrogens (primary N) is 2. The molecular weight excluding hydrogens is 851 g/mol. The van der Waals surface area contributed by atoms with Gasteiger partial charge in [-0.15, -0.1) is 10.2 Å². The third kappa shape index (κ3) is 9.88. The van der Waals surface area contributed by atoms with Crippen molar-refractivity contribution in [1.82, 2.24) is 40.2 Å². The van der Waals surface area contributed by atoms with Crippen LogP contribution >= 0.6 is 0 Å². The maximum Gasteiger partial charge on any atom is 0.336 e.